The molecule has 2 nitrogen and oxygen atoms in total. The zero-order chi connectivity index (χ0) is 11.5. The molecule has 0 aromatic heterocycles. The van der Waals surface area contributed by atoms with Crippen molar-refractivity contribution in [1.29, 1.82) is 0 Å². The van der Waals surface area contributed by atoms with Gasteiger partial charge >= 0.3 is 5.97 Å². The molecule has 0 amide bonds. The number of carboxylic acids is 1. The molecular formula is C14H12O2. The maximum absolute atomic E-state index is 10.5. The summed E-state index contributed by atoms with van der Waals surface area (Å²) in [6.45, 7) is 2.03. The molecule has 0 heterocycles. The Labute approximate surface area is 94.2 Å². The van der Waals surface area contributed by atoms with Crippen molar-refractivity contribution in [3.05, 3.63) is 53.6 Å². The molecule has 0 atom stereocenters. The van der Waals surface area contributed by atoms with Crippen molar-refractivity contribution < 1.29 is 9.90 Å². The normalized spacial score (nSPS) is 11.1. The molecule has 2 heteroatoms. The molecule has 0 bridgehead atoms. The number of rotatable bonds is 2. The topological polar surface area (TPSA) is 37.3 Å². The molecule has 80 valence electrons. The van der Waals surface area contributed by atoms with Crippen molar-refractivity contribution in [2.75, 3.05) is 0 Å². The minimum absolute atomic E-state index is 0.924. The van der Waals surface area contributed by atoms with Crippen molar-refractivity contribution in [3.8, 4) is 11.1 Å². The van der Waals surface area contributed by atoms with Crippen LogP contribution in [0.3, 0.4) is 0 Å². The van der Waals surface area contributed by atoms with Crippen LogP contribution in [0.1, 0.15) is 11.1 Å². The minimum Gasteiger partial charge on any atom is -0.478 e. The van der Waals surface area contributed by atoms with Crippen LogP contribution in [0.5, 0.6) is 0 Å². The molecule has 0 aliphatic heterocycles. The van der Waals surface area contributed by atoms with Gasteiger partial charge in [0, 0.05) is 6.08 Å². The van der Waals surface area contributed by atoms with E-state index in [-0.39, 0.29) is 0 Å². The van der Waals surface area contributed by atoms with Gasteiger partial charge in [-0.3, -0.25) is 0 Å². The lowest BCUT2D eigenvalue weighted by atomic mass is 10.1. The van der Waals surface area contributed by atoms with Gasteiger partial charge < -0.3 is 5.11 Å². The molecule has 0 spiro atoms. The number of carboxylic acid groups (broad SMARTS) is 1. The van der Waals surface area contributed by atoms with E-state index in [9.17, 15) is 4.79 Å². The van der Waals surface area contributed by atoms with Gasteiger partial charge in [-0.2, -0.15) is 0 Å². The zero-order valence-corrected chi connectivity index (χ0v) is 8.97. The van der Waals surface area contributed by atoms with E-state index < -0.39 is 5.97 Å². The highest BCUT2D eigenvalue weighted by molar-refractivity contribution is 5.89. The lowest BCUT2D eigenvalue weighted by Gasteiger charge is -1.95. The van der Waals surface area contributed by atoms with Crippen LogP contribution in [0, 0.1) is 6.92 Å². The van der Waals surface area contributed by atoms with Crippen molar-refractivity contribution in [2.45, 2.75) is 6.92 Å². The smallest absolute Gasteiger partial charge is 0.328 e. The van der Waals surface area contributed by atoms with Gasteiger partial charge in [0.2, 0.25) is 0 Å². The summed E-state index contributed by atoms with van der Waals surface area (Å²) in [7, 11) is 0. The van der Waals surface area contributed by atoms with Gasteiger partial charge in [0.15, 0.2) is 0 Å². The van der Waals surface area contributed by atoms with Crippen LogP contribution in [-0.2, 0) is 4.79 Å². The molecule has 0 aromatic rings. The minimum atomic E-state index is -0.924. The number of hydrogen-bond acceptors (Lipinski definition) is 1. The molecule has 0 saturated carbocycles. The second-order valence-electron chi connectivity index (χ2n) is 3.69. The Morgan fingerprint density at radius 1 is 1.19 bits per heavy atom. The Hall–Kier alpha value is -2.09. The number of carbonyl (C=O) groups is 1. The van der Waals surface area contributed by atoms with Gasteiger partial charge in [-0.1, -0.05) is 36.4 Å². The Morgan fingerprint density at radius 2 is 1.88 bits per heavy atom. The fourth-order valence-corrected chi connectivity index (χ4v) is 1.83. The van der Waals surface area contributed by atoms with E-state index in [2.05, 4.69) is 0 Å². The Kier molecular flexibility index (Phi) is 2.73. The molecule has 2 rings (SSSR count). The highest BCUT2D eigenvalue weighted by Crippen LogP contribution is 2.31. The fraction of sp³-hybridized carbons (Fsp3) is 0.0714. The largest absolute Gasteiger partial charge is 0.478 e. The van der Waals surface area contributed by atoms with Crippen LogP contribution in [0.2, 0.25) is 0 Å². The standard InChI is InChI=1S/C14H12O2/c1-10-9-11(7-8-14(15)16)13-6-4-2-3-5-12(10)13/h2-9H,1H3,(H,15,16). The van der Waals surface area contributed by atoms with E-state index in [0.717, 1.165) is 22.3 Å². The average Bonchev–Trinajstić information content (AvgIpc) is 2.43. The maximum atomic E-state index is 10.5. The van der Waals surface area contributed by atoms with Gasteiger partial charge in [0.25, 0.3) is 0 Å². The first-order chi connectivity index (χ1) is 7.68. The summed E-state index contributed by atoms with van der Waals surface area (Å²) in [5, 5.41) is 8.62. The third-order valence-electron chi connectivity index (χ3n) is 2.55. The predicted octanol–water partition coefficient (Wildman–Crippen LogP) is 3.20. The molecule has 2 aliphatic carbocycles. The second kappa shape index (κ2) is 4.19. The lowest BCUT2D eigenvalue weighted by molar-refractivity contribution is -0.131. The molecule has 2 aliphatic rings. The molecule has 0 fully saturated rings. The number of aryl methyl sites for hydroxylation is 1. The third kappa shape index (κ3) is 1.96. The van der Waals surface area contributed by atoms with E-state index in [1.54, 1.807) is 6.08 Å². The maximum Gasteiger partial charge on any atom is 0.328 e. The van der Waals surface area contributed by atoms with Crippen molar-refractivity contribution in [3.63, 3.8) is 0 Å². The fourth-order valence-electron chi connectivity index (χ4n) is 1.83. The van der Waals surface area contributed by atoms with Gasteiger partial charge in [-0.05, 0) is 35.3 Å². The zero-order valence-electron chi connectivity index (χ0n) is 8.97. The summed E-state index contributed by atoms with van der Waals surface area (Å²) in [5.41, 5.74) is 4.36. The van der Waals surface area contributed by atoms with Gasteiger partial charge in [-0.15, -0.1) is 0 Å². The lowest BCUT2D eigenvalue weighted by Crippen LogP contribution is -1.85. The van der Waals surface area contributed by atoms with E-state index in [1.807, 2.05) is 43.3 Å². The third-order valence-corrected chi connectivity index (χ3v) is 2.55. The molecule has 16 heavy (non-hydrogen) atoms. The van der Waals surface area contributed by atoms with Crippen molar-refractivity contribution >= 4 is 12.0 Å². The van der Waals surface area contributed by atoms with E-state index in [0.29, 0.717) is 0 Å². The summed E-state index contributed by atoms with van der Waals surface area (Å²) < 4.78 is 0. The quantitative estimate of drug-likeness (QED) is 0.776. The van der Waals surface area contributed by atoms with Crippen LogP contribution in [0.15, 0.2) is 42.5 Å². The highest BCUT2D eigenvalue weighted by Gasteiger charge is 2.09. The second-order valence-corrected chi connectivity index (χ2v) is 3.69. The SMILES string of the molecule is Cc1cc(C=CC(=O)O)c2cccccc1-2. The molecule has 0 unspecified atom stereocenters. The first-order valence-electron chi connectivity index (χ1n) is 5.08. The highest BCUT2D eigenvalue weighted by atomic mass is 16.4. The van der Waals surface area contributed by atoms with E-state index in [1.165, 1.54) is 6.08 Å². The molecule has 0 aromatic carbocycles. The molecule has 0 radical (unpaired) electrons. The van der Waals surface area contributed by atoms with Crippen LogP contribution in [0.25, 0.3) is 17.2 Å². The first kappa shape index (κ1) is 10.4. The van der Waals surface area contributed by atoms with E-state index in [4.69, 9.17) is 5.11 Å². The predicted molar refractivity (Wildman–Crippen MR) is 64.5 cm³/mol. The first-order valence-corrected chi connectivity index (χ1v) is 5.08. The van der Waals surface area contributed by atoms with Crippen LogP contribution >= 0.6 is 0 Å². The van der Waals surface area contributed by atoms with E-state index >= 15 is 0 Å². The summed E-state index contributed by atoms with van der Waals surface area (Å²) >= 11 is 0. The summed E-state index contributed by atoms with van der Waals surface area (Å²) in [5.74, 6) is -0.924. The van der Waals surface area contributed by atoms with Gasteiger partial charge in [-0.25, -0.2) is 4.79 Å². The van der Waals surface area contributed by atoms with Gasteiger partial charge in [0.05, 0.1) is 0 Å². The average molecular weight is 212 g/mol. The van der Waals surface area contributed by atoms with Gasteiger partial charge in [0.1, 0.15) is 0 Å². The Morgan fingerprint density at radius 3 is 2.56 bits per heavy atom. The summed E-state index contributed by atoms with van der Waals surface area (Å²) in [4.78, 5) is 10.5. The number of fused-ring (bicyclic) bond motifs is 1. The van der Waals surface area contributed by atoms with Crippen molar-refractivity contribution in [2.24, 2.45) is 0 Å². The van der Waals surface area contributed by atoms with Crippen LogP contribution in [0.4, 0.5) is 0 Å². The number of aliphatic carboxylic acids is 1. The Balaban J connectivity index is 2.54. The molecule has 0 saturated heterocycles. The monoisotopic (exact) mass is 212 g/mol. The number of hydrogen-bond donors (Lipinski definition) is 1. The van der Waals surface area contributed by atoms with Crippen molar-refractivity contribution in [1.82, 2.24) is 0 Å². The van der Waals surface area contributed by atoms with Crippen LogP contribution in [-0.4, -0.2) is 11.1 Å². The summed E-state index contributed by atoms with van der Waals surface area (Å²) in [6, 6.07) is 12.0. The molecule has 1 N–H and O–H groups in total. The summed E-state index contributed by atoms with van der Waals surface area (Å²) in [6.07, 6.45) is 2.80. The van der Waals surface area contributed by atoms with Crippen LogP contribution < -0.4 is 0 Å². The Bertz CT molecular complexity index is 526. The molecular weight excluding hydrogens is 200 g/mol.